The first kappa shape index (κ1) is 18.9. The van der Waals surface area contributed by atoms with E-state index in [2.05, 4.69) is 11.1 Å². The highest BCUT2D eigenvalue weighted by molar-refractivity contribution is 7.19. The number of nitriles is 1. The van der Waals surface area contributed by atoms with Crippen molar-refractivity contribution in [1.29, 1.82) is 5.26 Å². The molecule has 29 heavy (non-hydrogen) atoms. The molecule has 0 amide bonds. The summed E-state index contributed by atoms with van der Waals surface area (Å²) in [6.07, 6.45) is 1.77. The number of carbonyl (C=O) groups excluding carboxylic acids is 1. The fourth-order valence-corrected chi connectivity index (χ4v) is 3.74. The second-order valence-corrected chi connectivity index (χ2v) is 7.59. The summed E-state index contributed by atoms with van der Waals surface area (Å²) in [5, 5.41) is 10.8. The first-order valence-corrected chi connectivity index (χ1v) is 9.87. The Morgan fingerprint density at radius 1 is 1.03 bits per heavy atom. The molecule has 4 nitrogen and oxygen atoms in total. The molecular formula is C23H13ClN2O2S. The van der Waals surface area contributed by atoms with E-state index in [-0.39, 0.29) is 0 Å². The van der Waals surface area contributed by atoms with Crippen LogP contribution in [0.3, 0.4) is 0 Å². The molecule has 0 saturated carbocycles. The van der Waals surface area contributed by atoms with Gasteiger partial charge in [-0.3, -0.25) is 0 Å². The maximum absolute atomic E-state index is 12.2. The summed E-state index contributed by atoms with van der Waals surface area (Å²) in [5.41, 5.74) is 2.59. The van der Waals surface area contributed by atoms with Crippen molar-refractivity contribution in [1.82, 2.24) is 4.98 Å². The predicted molar refractivity (Wildman–Crippen MR) is 116 cm³/mol. The lowest BCUT2D eigenvalue weighted by molar-refractivity contribution is 0.0735. The third-order valence-corrected chi connectivity index (χ3v) is 5.45. The van der Waals surface area contributed by atoms with Gasteiger partial charge in [0.15, 0.2) is 0 Å². The van der Waals surface area contributed by atoms with Gasteiger partial charge in [-0.05, 0) is 60.2 Å². The van der Waals surface area contributed by atoms with Crippen LogP contribution in [0.4, 0.5) is 0 Å². The van der Waals surface area contributed by atoms with Crippen molar-refractivity contribution in [2.75, 3.05) is 0 Å². The number of fused-ring (bicyclic) bond motifs is 1. The Hall–Kier alpha value is -3.46. The molecule has 1 heterocycles. The van der Waals surface area contributed by atoms with Gasteiger partial charge in [0.2, 0.25) is 0 Å². The van der Waals surface area contributed by atoms with Gasteiger partial charge in [-0.1, -0.05) is 35.9 Å². The molecule has 0 bridgehead atoms. The van der Waals surface area contributed by atoms with Crippen molar-refractivity contribution in [2.45, 2.75) is 0 Å². The van der Waals surface area contributed by atoms with E-state index in [1.54, 1.807) is 54.6 Å². The average Bonchev–Trinajstić information content (AvgIpc) is 3.17. The summed E-state index contributed by atoms with van der Waals surface area (Å²) in [5.74, 6) is -0.0438. The zero-order valence-corrected chi connectivity index (χ0v) is 16.6. The van der Waals surface area contributed by atoms with Crippen LogP contribution in [0.2, 0.25) is 5.02 Å². The summed E-state index contributed by atoms with van der Waals surface area (Å²) >= 11 is 7.31. The fourth-order valence-electron chi connectivity index (χ4n) is 2.68. The molecule has 0 atom stereocenters. The lowest BCUT2D eigenvalue weighted by Crippen LogP contribution is -2.08. The third kappa shape index (κ3) is 4.35. The summed E-state index contributed by atoms with van der Waals surface area (Å²) in [6, 6.07) is 23.4. The van der Waals surface area contributed by atoms with Crippen LogP contribution in [0.1, 0.15) is 20.9 Å². The van der Waals surface area contributed by atoms with Crippen LogP contribution < -0.4 is 4.74 Å². The van der Waals surface area contributed by atoms with E-state index >= 15 is 0 Å². The Morgan fingerprint density at radius 3 is 2.45 bits per heavy atom. The average molecular weight is 417 g/mol. The van der Waals surface area contributed by atoms with E-state index < -0.39 is 5.97 Å². The first-order chi connectivity index (χ1) is 14.1. The maximum Gasteiger partial charge on any atom is 0.343 e. The number of carbonyl (C=O) groups is 1. The molecule has 1 aromatic heterocycles. The summed E-state index contributed by atoms with van der Waals surface area (Å²) in [7, 11) is 0. The van der Waals surface area contributed by atoms with E-state index in [1.165, 1.54) is 11.3 Å². The van der Waals surface area contributed by atoms with Gasteiger partial charge >= 0.3 is 5.97 Å². The van der Waals surface area contributed by atoms with Gasteiger partial charge in [0.05, 0.1) is 21.4 Å². The molecule has 0 unspecified atom stereocenters. The van der Waals surface area contributed by atoms with Gasteiger partial charge in [0, 0.05) is 5.02 Å². The number of allylic oxidation sites excluding steroid dienone is 1. The molecule has 0 fully saturated rings. The molecule has 0 saturated heterocycles. The Kier molecular flexibility index (Phi) is 5.39. The molecule has 6 heteroatoms. The molecule has 0 aliphatic carbocycles. The molecular weight excluding hydrogens is 404 g/mol. The second kappa shape index (κ2) is 8.27. The van der Waals surface area contributed by atoms with Gasteiger partial charge < -0.3 is 4.74 Å². The zero-order valence-electron chi connectivity index (χ0n) is 15.0. The largest absolute Gasteiger partial charge is 0.423 e. The van der Waals surface area contributed by atoms with Crippen LogP contribution >= 0.6 is 22.9 Å². The van der Waals surface area contributed by atoms with Crippen LogP contribution in [0.5, 0.6) is 5.75 Å². The molecule has 0 radical (unpaired) electrons. The number of rotatable bonds is 4. The van der Waals surface area contributed by atoms with Crippen LogP contribution in [0, 0.1) is 11.3 Å². The lowest BCUT2D eigenvalue weighted by atomic mass is 10.1. The number of nitrogens with zero attached hydrogens (tertiary/aromatic N) is 2. The van der Waals surface area contributed by atoms with Gasteiger partial charge in [-0.25, -0.2) is 9.78 Å². The molecule has 0 aliphatic heterocycles. The fraction of sp³-hybridized carbons (Fsp3) is 0. The number of hydrogen-bond acceptors (Lipinski definition) is 5. The zero-order chi connectivity index (χ0) is 20.2. The highest BCUT2D eigenvalue weighted by atomic mass is 35.5. The van der Waals surface area contributed by atoms with E-state index in [1.807, 2.05) is 24.3 Å². The standard InChI is InChI=1S/C23H13ClN2O2S/c24-18-9-7-16(8-10-18)23(27)28-19-11-5-15(6-12-19)13-17(14-25)22-26-20-3-1-2-4-21(20)29-22/h1-13H. The number of ether oxygens (including phenoxy) is 1. The van der Waals surface area contributed by atoms with E-state index in [9.17, 15) is 10.1 Å². The summed E-state index contributed by atoms with van der Waals surface area (Å²) < 4.78 is 6.41. The second-order valence-electron chi connectivity index (χ2n) is 6.12. The van der Waals surface area contributed by atoms with Crippen molar-refractivity contribution >= 4 is 50.8 Å². The number of para-hydroxylation sites is 1. The van der Waals surface area contributed by atoms with E-state index in [0.29, 0.717) is 26.9 Å². The minimum Gasteiger partial charge on any atom is -0.423 e. The molecule has 0 spiro atoms. The van der Waals surface area contributed by atoms with Gasteiger partial charge in [0.1, 0.15) is 16.8 Å². The minimum absolute atomic E-state index is 0.417. The highest BCUT2D eigenvalue weighted by Gasteiger charge is 2.10. The van der Waals surface area contributed by atoms with Crippen LogP contribution in [0.25, 0.3) is 21.9 Å². The van der Waals surface area contributed by atoms with Crippen LogP contribution in [0.15, 0.2) is 72.8 Å². The summed E-state index contributed by atoms with van der Waals surface area (Å²) in [6.45, 7) is 0. The van der Waals surface area contributed by atoms with Crippen molar-refractivity contribution in [2.24, 2.45) is 0 Å². The Bertz CT molecular complexity index is 1220. The highest BCUT2D eigenvalue weighted by Crippen LogP contribution is 2.28. The number of thiazole rings is 1. The molecule has 4 aromatic rings. The Labute approximate surface area is 176 Å². The molecule has 0 N–H and O–H groups in total. The summed E-state index contributed by atoms with van der Waals surface area (Å²) in [4.78, 5) is 16.7. The molecule has 0 aliphatic rings. The monoisotopic (exact) mass is 416 g/mol. The molecule has 3 aromatic carbocycles. The van der Waals surface area contributed by atoms with E-state index in [0.717, 1.165) is 15.8 Å². The van der Waals surface area contributed by atoms with Crippen molar-refractivity contribution in [3.8, 4) is 11.8 Å². The van der Waals surface area contributed by atoms with Crippen molar-refractivity contribution in [3.05, 3.63) is 94.0 Å². The quantitative estimate of drug-likeness (QED) is 0.224. The van der Waals surface area contributed by atoms with Gasteiger partial charge in [-0.15, -0.1) is 11.3 Å². The van der Waals surface area contributed by atoms with E-state index in [4.69, 9.17) is 16.3 Å². The van der Waals surface area contributed by atoms with Crippen molar-refractivity contribution < 1.29 is 9.53 Å². The minimum atomic E-state index is -0.461. The van der Waals surface area contributed by atoms with Gasteiger partial charge in [-0.2, -0.15) is 5.26 Å². The SMILES string of the molecule is N#CC(=Cc1ccc(OC(=O)c2ccc(Cl)cc2)cc1)c1nc2ccccc2s1. The number of halogens is 1. The number of aromatic nitrogens is 1. The first-order valence-electron chi connectivity index (χ1n) is 8.68. The van der Waals surface area contributed by atoms with Gasteiger partial charge in [0.25, 0.3) is 0 Å². The number of esters is 1. The van der Waals surface area contributed by atoms with Crippen molar-refractivity contribution in [3.63, 3.8) is 0 Å². The lowest BCUT2D eigenvalue weighted by Gasteiger charge is -2.05. The van der Waals surface area contributed by atoms with Crippen LogP contribution in [-0.2, 0) is 0 Å². The Balaban J connectivity index is 1.52. The number of hydrogen-bond donors (Lipinski definition) is 0. The van der Waals surface area contributed by atoms with Crippen LogP contribution in [-0.4, -0.2) is 11.0 Å². The molecule has 140 valence electrons. The molecule has 4 rings (SSSR count). The Morgan fingerprint density at radius 2 is 1.76 bits per heavy atom. The number of benzene rings is 3. The third-order valence-electron chi connectivity index (χ3n) is 4.13. The smallest absolute Gasteiger partial charge is 0.343 e. The predicted octanol–water partition coefficient (Wildman–Crippen LogP) is 6.23. The maximum atomic E-state index is 12.2. The normalized spacial score (nSPS) is 11.2. The topological polar surface area (TPSA) is 63.0 Å².